The average molecular weight is 613 g/mol. The lowest BCUT2D eigenvalue weighted by atomic mass is 9.79. The predicted molar refractivity (Wildman–Crippen MR) is 159 cm³/mol. The summed E-state index contributed by atoms with van der Waals surface area (Å²) in [6.07, 6.45) is -2.46. The van der Waals surface area contributed by atoms with Crippen molar-refractivity contribution in [2.75, 3.05) is 38.5 Å². The molecule has 3 aromatic rings. The highest BCUT2D eigenvalue weighted by Gasteiger charge is 2.55. The lowest BCUT2D eigenvalue weighted by Gasteiger charge is -2.37. The summed E-state index contributed by atoms with van der Waals surface area (Å²) in [4.78, 5) is 35.8. The molecule has 0 spiro atoms. The highest BCUT2D eigenvalue weighted by atomic mass is 19.4. The van der Waals surface area contributed by atoms with Gasteiger partial charge in [0, 0.05) is 26.2 Å². The number of nitrogens with zero attached hydrogens (tertiary/aromatic N) is 4. The standard InChI is InChI=1S/C30H35BF3N5O5/c1-27(2)28(3,4)44-31(43-27)19-6-8-21-22(16-19)35-18-39(25(21)40)20-7-9-24(42-30(32,33)34)23(17-20)36-26(41)29(10-11-29)38-14-12-37(5)13-15-38/h6-9,16-18H,10-15H2,1-5H3,(H,36,41). The summed E-state index contributed by atoms with van der Waals surface area (Å²) in [6.45, 7) is 10.8. The van der Waals surface area contributed by atoms with Crippen LogP contribution in [0.4, 0.5) is 18.9 Å². The number of benzene rings is 2. The van der Waals surface area contributed by atoms with Gasteiger partial charge in [-0.3, -0.25) is 19.1 Å². The minimum atomic E-state index is -4.98. The van der Waals surface area contributed by atoms with Crippen LogP contribution < -0.4 is 21.1 Å². The fraction of sp³-hybridized carbons (Fsp3) is 0.500. The van der Waals surface area contributed by atoms with Crippen molar-refractivity contribution in [3.63, 3.8) is 0 Å². The smallest absolute Gasteiger partial charge is 0.404 e. The second-order valence-corrected chi connectivity index (χ2v) is 12.8. The summed E-state index contributed by atoms with van der Waals surface area (Å²) in [6, 6.07) is 8.79. The molecule has 1 amide bonds. The van der Waals surface area contributed by atoms with Crippen LogP contribution in [0.5, 0.6) is 5.75 Å². The number of nitrogens with one attached hydrogen (secondary N) is 1. The van der Waals surface area contributed by atoms with Crippen LogP contribution >= 0.6 is 0 Å². The minimum absolute atomic E-state index is 0.187. The first-order valence-electron chi connectivity index (χ1n) is 14.6. The van der Waals surface area contributed by atoms with Gasteiger partial charge in [-0.1, -0.05) is 6.07 Å². The van der Waals surface area contributed by atoms with E-state index in [1.165, 1.54) is 23.0 Å². The number of amides is 1. The Bertz CT molecular complexity index is 1650. The van der Waals surface area contributed by atoms with E-state index in [1.807, 2.05) is 34.7 Å². The average Bonchev–Trinajstić information content (AvgIpc) is 3.71. The summed E-state index contributed by atoms with van der Waals surface area (Å²) < 4.78 is 57.6. The van der Waals surface area contributed by atoms with E-state index >= 15 is 0 Å². The Kier molecular flexibility index (Phi) is 7.34. The van der Waals surface area contributed by atoms with Crippen LogP contribution in [0.25, 0.3) is 16.6 Å². The first-order chi connectivity index (χ1) is 20.6. The third kappa shape index (κ3) is 5.60. The molecule has 1 saturated carbocycles. The number of carbonyl (C=O) groups is 1. The maximum absolute atomic E-state index is 13.6. The van der Waals surface area contributed by atoms with Gasteiger partial charge < -0.3 is 24.3 Å². The van der Waals surface area contributed by atoms with Crippen molar-refractivity contribution >= 4 is 35.1 Å². The van der Waals surface area contributed by atoms with E-state index in [9.17, 15) is 22.8 Å². The first kappa shape index (κ1) is 30.6. The minimum Gasteiger partial charge on any atom is -0.404 e. The Morgan fingerprint density at radius 1 is 1.00 bits per heavy atom. The molecule has 3 fully saturated rings. The number of likely N-dealkylation sites (N-methyl/N-ethyl adjacent to an activating group) is 1. The molecule has 0 atom stereocenters. The van der Waals surface area contributed by atoms with Crippen molar-refractivity contribution in [1.29, 1.82) is 0 Å². The largest absolute Gasteiger partial charge is 0.573 e. The highest BCUT2D eigenvalue weighted by molar-refractivity contribution is 6.62. The molecule has 0 radical (unpaired) electrons. The van der Waals surface area contributed by atoms with E-state index in [1.54, 1.807) is 18.2 Å². The molecular formula is C30H35BF3N5O5. The number of aromatic nitrogens is 2. The van der Waals surface area contributed by atoms with E-state index in [2.05, 4.69) is 24.8 Å². The van der Waals surface area contributed by atoms with Crippen molar-refractivity contribution in [2.24, 2.45) is 0 Å². The Hall–Kier alpha value is -3.46. The molecule has 14 heteroatoms. The molecule has 3 heterocycles. The Morgan fingerprint density at radius 2 is 1.66 bits per heavy atom. The van der Waals surface area contributed by atoms with Crippen LogP contribution in [0.15, 0.2) is 47.5 Å². The number of halogens is 3. The molecule has 2 aliphatic heterocycles. The summed E-state index contributed by atoms with van der Waals surface area (Å²) in [5, 5.41) is 2.97. The lowest BCUT2D eigenvalue weighted by Crippen LogP contribution is -2.54. The molecule has 0 unspecified atom stereocenters. The number of hydrogen-bond donors (Lipinski definition) is 1. The molecule has 2 saturated heterocycles. The zero-order valence-electron chi connectivity index (χ0n) is 25.3. The quantitative estimate of drug-likeness (QED) is 0.424. The molecule has 3 aliphatic rings. The molecule has 10 nitrogen and oxygen atoms in total. The molecule has 0 bridgehead atoms. The van der Waals surface area contributed by atoms with E-state index in [0.29, 0.717) is 42.3 Å². The number of alkyl halides is 3. The van der Waals surface area contributed by atoms with Gasteiger partial charge in [0.1, 0.15) is 11.9 Å². The Labute approximate surface area is 253 Å². The number of fused-ring (bicyclic) bond motifs is 1. The second-order valence-electron chi connectivity index (χ2n) is 12.8. The summed E-state index contributed by atoms with van der Waals surface area (Å²) in [5.41, 5.74) is -1.15. The van der Waals surface area contributed by atoms with Gasteiger partial charge in [-0.2, -0.15) is 0 Å². The van der Waals surface area contributed by atoms with Crippen molar-refractivity contribution < 1.29 is 32.0 Å². The van der Waals surface area contributed by atoms with E-state index in [0.717, 1.165) is 19.2 Å². The van der Waals surface area contributed by atoms with Gasteiger partial charge in [-0.25, -0.2) is 4.98 Å². The van der Waals surface area contributed by atoms with Gasteiger partial charge in [0.15, 0.2) is 5.75 Å². The van der Waals surface area contributed by atoms with E-state index in [-0.39, 0.29) is 11.4 Å². The molecule has 234 valence electrons. The number of piperazine rings is 1. The van der Waals surface area contributed by atoms with Gasteiger partial charge in [0.05, 0.1) is 33.5 Å². The SMILES string of the molecule is CN1CCN(C2(C(=O)Nc3cc(-n4cnc5cc(B6OC(C)(C)C(C)(C)O6)ccc5c4=O)ccc3OC(F)(F)F)CC2)CC1. The van der Waals surface area contributed by atoms with Gasteiger partial charge >= 0.3 is 13.5 Å². The second kappa shape index (κ2) is 10.6. The summed E-state index contributed by atoms with van der Waals surface area (Å²) in [7, 11) is 1.37. The Morgan fingerprint density at radius 3 is 2.27 bits per heavy atom. The maximum Gasteiger partial charge on any atom is 0.573 e. The van der Waals surface area contributed by atoms with E-state index in [4.69, 9.17) is 9.31 Å². The molecule has 1 aliphatic carbocycles. The molecule has 2 aromatic carbocycles. The third-order valence-corrected chi connectivity index (χ3v) is 9.28. The highest BCUT2D eigenvalue weighted by Crippen LogP contribution is 2.44. The number of rotatable bonds is 6. The van der Waals surface area contributed by atoms with E-state index < -0.39 is 47.4 Å². The van der Waals surface area contributed by atoms with Gasteiger partial charge in [-0.15, -0.1) is 13.2 Å². The van der Waals surface area contributed by atoms with Crippen molar-refractivity contribution in [1.82, 2.24) is 19.4 Å². The number of carbonyl (C=O) groups excluding carboxylic acids is 1. The maximum atomic E-state index is 13.6. The summed E-state index contributed by atoms with van der Waals surface area (Å²) >= 11 is 0. The number of anilines is 1. The monoisotopic (exact) mass is 613 g/mol. The van der Waals surface area contributed by atoms with Gasteiger partial charge in [-0.05, 0) is 83.4 Å². The fourth-order valence-electron chi connectivity index (χ4n) is 5.71. The topological polar surface area (TPSA) is 98.2 Å². The first-order valence-corrected chi connectivity index (χ1v) is 14.6. The summed E-state index contributed by atoms with van der Waals surface area (Å²) in [5.74, 6) is -0.969. The molecule has 44 heavy (non-hydrogen) atoms. The molecule has 1 N–H and O–H groups in total. The third-order valence-electron chi connectivity index (χ3n) is 9.28. The fourth-order valence-corrected chi connectivity index (χ4v) is 5.71. The Balaban J connectivity index is 1.31. The lowest BCUT2D eigenvalue weighted by molar-refractivity contribution is -0.274. The zero-order chi connectivity index (χ0) is 31.7. The van der Waals surface area contributed by atoms with Crippen molar-refractivity contribution in [3.05, 3.63) is 53.1 Å². The normalized spacial score (nSPS) is 21.4. The molecule has 1 aromatic heterocycles. The molecule has 6 rings (SSSR count). The molecular weight excluding hydrogens is 578 g/mol. The predicted octanol–water partition coefficient (Wildman–Crippen LogP) is 3.30. The van der Waals surface area contributed by atoms with Crippen LogP contribution in [-0.4, -0.2) is 88.7 Å². The number of ether oxygens (including phenoxy) is 1. The van der Waals surface area contributed by atoms with Crippen LogP contribution in [0.2, 0.25) is 0 Å². The van der Waals surface area contributed by atoms with Crippen LogP contribution in [0.1, 0.15) is 40.5 Å². The zero-order valence-corrected chi connectivity index (χ0v) is 25.3. The van der Waals surface area contributed by atoms with Crippen molar-refractivity contribution in [2.45, 2.75) is 63.6 Å². The van der Waals surface area contributed by atoms with Crippen LogP contribution in [-0.2, 0) is 14.1 Å². The van der Waals surface area contributed by atoms with Crippen LogP contribution in [0, 0.1) is 0 Å². The van der Waals surface area contributed by atoms with Gasteiger partial charge in [0.2, 0.25) is 5.91 Å². The van der Waals surface area contributed by atoms with Gasteiger partial charge in [0.25, 0.3) is 5.56 Å². The van der Waals surface area contributed by atoms with Crippen molar-refractivity contribution in [3.8, 4) is 11.4 Å². The van der Waals surface area contributed by atoms with Crippen LogP contribution in [0.3, 0.4) is 0 Å². The number of hydrogen-bond acceptors (Lipinski definition) is 8.